The average Bonchev–Trinajstić information content (AvgIpc) is 2.02. The van der Waals surface area contributed by atoms with Crippen LogP contribution in [0.3, 0.4) is 0 Å². The van der Waals surface area contributed by atoms with Crippen molar-refractivity contribution in [3.05, 3.63) is 11.6 Å². The summed E-state index contributed by atoms with van der Waals surface area (Å²) in [6.45, 7) is 9.19. The van der Waals surface area contributed by atoms with Gasteiger partial charge in [0.05, 0.1) is 0 Å². The number of allylic oxidation sites excluding steroid dienone is 1. The van der Waals surface area contributed by atoms with E-state index in [1.165, 1.54) is 0 Å². The molecule has 2 amide bonds. The van der Waals surface area contributed by atoms with Crippen molar-refractivity contribution in [3.63, 3.8) is 0 Å². The van der Waals surface area contributed by atoms with Crippen LogP contribution in [0.25, 0.3) is 0 Å². The summed E-state index contributed by atoms with van der Waals surface area (Å²) in [7, 11) is 0. The van der Waals surface area contributed by atoms with Gasteiger partial charge in [0.1, 0.15) is 0 Å². The number of rotatable bonds is 3. The molecule has 3 heteroatoms. The molecule has 0 spiro atoms. The van der Waals surface area contributed by atoms with Crippen molar-refractivity contribution >= 4 is 11.8 Å². The Morgan fingerprint density at radius 2 is 1.64 bits per heavy atom. The zero-order valence-corrected chi connectivity index (χ0v) is 9.55. The highest BCUT2D eigenvalue weighted by Gasteiger charge is 2.12. The fourth-order valence-electron chi connectivity index (χ4n) is 0.931. The summed E-state index contributed by atoms with van der Waals surface area (Å²) in [5.41, 5.74) is 0.592. The molecular weight excluding hydrogens is 178 g/mol. The third-order valence-corrected chi connectivity index (χ3v) is 1.70. The van der Waals surface area contributed by atoms with Crippen molar-refractivity contribution in [2.45, 2.75) is 34.6 Å². The number of hydrogen-bond acceptors (Lipinski definition) is 2. The van der Waals surface area contributed by atoms with Crippen LogP contribution in [0.2, 0.25) is 0 Å². The Kier molecular flexibility index (Phi) is 5.13. The summed E-state index contributed by atoms with van der Waals surface area (Å²) >= 11 is 0. The highest BCUT2D eigenvalue weighted by atomic mass is 16.2. The molecule has 0 heterocycles. The van der Waals surface area contributed by atoms with E-state index >= 15 is 0 Å². The Morgan fingerprint density at radius 1 is 1.14 bits per heavy atom. The van der Waals surface area contributed by atoms with E-state index in [9.17, 15) is 9.59 Å². The van der Waals surface area contributed by atoms with E-state index in [1.807, 2.05) is 19.9 Å². The molecule has 0 aromatic rings. The molecule has 0 aliphatic heterocycles. The van der Waals surface area contributed by atoms with E-state index in [2.05, 4.69) is 5.32 Å². The lowest BCUT2D eigenvalue weighted by Gasteiger charge is -2.07. The Hall–Kier alpha value is -1.12. The van der Waals surface area contributed by atoms with E-state index in [0.717, 1.165) is 0 Å². The first-order valence-electron chi connectivity index (χ1n) is 4.88. The molecule has 80 valence electrons. The predicted molar refractivity (Wildman–Crippen MR) is 56.6 cm³/mol. The predicted octanol–water partition coefficient (Wildman–Crippen LogP) is 1.89. The molecule has 0 unspecified atom stereocenters. The standard InChI is InChI=1S/C11H19NO2/c1-7(2)6-9(5)11(14)12-10(13)8(3)4/h6-8H,1-5H3,(H,12,13,14)/b9-6+. The summed E-state index contributed by atoms with van der Waals surface area (Å²) in [4.78, 5) is 22.6. The summed E-state index contributed by atoms with van der Waals surface area (Å²) in [6.07, 6.45) is 1.84. The van der Waals surface area contributed by atoms with Gasteiger partial charge in [0, 0.05) is 11.5 Å². The highest BCUT2D eigenvalue weighted by molar-refractivity contribution is 6.04. The smallest absolute Gasteiger partial charge is 0.253 e. The lowest BCUT2D eigenvalue weighted by Crippen LogP contribution is -2.34. The Bertz CT molecular complexity index is 252. The molecule has 0 aliphatic rings. The lowest BCUT2D eigenvalue weighted by molar-refractivity contribution is -0.130. The van der Waals surface area contributed by atoms with Crippen LogP contribution in [0.15, 0.2) is 11.6 Å². The first-order chi connectivity index (χ1) is 6.34. The van der Waals surface area contributed by atoms with Crippen molar-refractivity contribution < 1.29 is 9.59 Å². The normalized spacial score (nSPS) is 12.1. The third kappa shape index (κ3) is 4.80. The van der Waals surface area contributed by atoms with Gasteiger partial charge < -0.3 is 0 Å². The van der Waals surface area contributed by atoms with E-state index in [0.29, 0.717) is 11.5 Å². The van der Waals surface area contributed by atoms with E-state index in [-0.39, 0.29) is 17.7 Å². The second-order valence-electron chi connectivity index (χ2n) is 4.07. The fraction of sp³-hybridized carbons (Fsp3) is 0.636. The Morgan fingerprint density at radius 3 is 2.00 bits per heavy atom. The minimum atomic E-state index is -0.294. The van der Waals surface area contributed by atoms with Crippen LogP contribution in [0.4, 0.5) is 0 Å². The Labute approximate surface area is 85.6 Å². The van der Waals surface area contributed by atoms with Crippen LogP contribution >= 0.6 is 0 Å². The van der Waals surface area contributed by atoms with Gasteiger partial charge in [0.15, 0.2) is 0 Å². The van der Waals surface area contributed by atoms with E-state index in [1.54, 1.807) is 20.8 Å². The highest BCUT2D eigenvalue weighted by Crippen LogP contribution is 2.02. The van der Waals surface area contributed by atoms with Gasteiger partial charge in [-0.3, -0.25) is 14.9 Å². The number of nitrogens with one attached hydrogen (secondary N) is 1. The van der Waals surface area contributed by atoms with E-state index < -0.39 is 0 Å². The van der Waals surface area contributed by atoms with Gasteiger partial charge in [-0.2, -0.15) is 0 Å². The molecule has 14 heavy (non-hydrogen) atoms. The second kappa shape index (κ2) is 5.58. The van der Waals surface area contributed by atoms with Crippen molar-refractivity contribution in [3.8, 4) is 0 Å². The van der Waals surface area contributed by atoms with Crippen molar-refractivity contribution in [1.29, 1.82) is 0 Å². The fourth-order valence-corrected chi connectivity index (χ4v) is 0.931. The van der Waals surface area contributed by atoms with Gasteiger partial charge in [0.2, 0.25) is 5.91 Å². The van der Waals surface area contributed by atoms with Crippen LogP contribution in [-0.4, -0.2) is 11.8 Å². The van der Waals surface area contributed by atoms with Gasteiger partial charge in [-0.05, 0) is 12.8 Å². The second-order valence-corrected chi connectivity index (χ2v) is 4.07. The minimum Gasteiger partial charge on any atom is -0.292 e. The topological polar surface area (TPSA) is 46.2 Å². The molecule has 0 aliphatic carbocycles. The molecule has 0 rings (SSSR count). The molecule has 0 saturated heterocycles. The molecule has 0 atom stereocenters. The maximum absolute atomic E-state index is 11.4. The van der Waals surface area contributed by atoms with Crippen LogP contribution in [0.1, 0.15) is 34.6 Å². The molecule has 0 aromatic carbocycles. The number of hydrogen-bond donors (Lipinski definition) is 1. The summed E-state index contributed by atoms with van der Waals surface area (Å²) in [5.74, 6) is -0.371. The Balaban J connectivity index is 4.29. The molecule has 0 aromatic heterocycles. The molecule has 0 fully saturated rings. The number of carbonyl (C=O) groups excluding carboxylic acids is 2. The first kappa shape index (κ1) is 12.9. The first-order valence-corrected chi connectivity index (χ1v) is 4.88. The molecule has 0 radical (unpaired) electrons. The summed E-state index contributed by atoms with van der Waals surface area (Å²) in [6, 6.07) is 0. The summed E-state index contributed by atoms with van der Waals surface area (Å²) in [5, 5.41) is 2.34. The van der Waals surface area contributed by atoms with Gasteiger partial charge in [0.25, 0.3) is 5.91 Å². The zero-order chi connectivity index (χ0) is 11.3. The molecule has 3 nitrogen and oxygen atoms in total. The zero-order valence-electron chi connectivity index (χ0n) is 9.55. The van der Waals surface area contributed by atoms with Crippen LogP contribution in [0, 0.1) is 11.8 Å². The van der Waals surface area contributed by atoms with Gasteiger partial charge in [-0.15, -0.1) is 0 Å². The average molecular weight is 197 g/mol. The van der Waals surface area contributed by atoms with Gasteiger partial charge in [-0.1, -0.05) is 33.8 Å². The van der Waals surface area contributed by atoms with E-state index in [4.69, 9.17) is 0 Å². The van der Waals surface area contributed by atoms with Gasteiger partial charge in [-0.25, -0.2) is 0 Å². The van der Waals surface area contributed by atoms with Gasteiger partial charge >= 0.3 is 0 Å². The van der Waals surface area contributed by atoms with Crippen LogP contribution in [-0.2, 0) is 9.59 Å². The minimum absolute atomic E-state index is 0.161. The van der Waals surface area contributed by atoms with Crippen molar-refractivity contribution in [2.24, 2.45) is 11.8 Å². The quantitative estimate of drug-likeness (QED) is 0.702. The van der Waals surface area contributed by atoms with Crippen molar-refractivity contribution in [2.75, 3.05) is 0 Å². The lowest BCUT2D eigenvalue weighted by atomic mass is 10.1. The van der Waals surface area contributed by atoms with Crippen molar-refractivity contribution in [1.82, 2.24) is 5.32 Å². The number of amides is 2. The monoisotopic (exact) mass is 197 g/mol. The molecular formula is C11H19NO2. The summed E-state index contributed by atoms with van der Waals surface area (Å²) < 4.78 is 0. The van der Waals surface area contributed by atoms with Crippen LogP contribution < -0.4 is 5.32 Å². The maximum Gasteiger partial charge on any atom is 0.253 e. The number of imide groups is 1. The SMILES string of the molecule is C/C(=C\C(C)C)C(=O)NC(=O)C(C)C. The van der Waals surface area contributed by atoms with Crippen LogP contribution in [0.5, 0.6) is 0 Å². The molecule has 1 N–H and O–H groups in total. The third-order valence-electron chi connectivity index (χ3n) is 1.70. The molecule has 0 bridgehead atoms. The number of carbonyl (C=O) groups is 2. The largest absolute Gasteiger partial charge is 0.292 e. The maximum atomic E-state index is 11.4. The molecule has 0 saturated carbocycles.